The maximum atomic E-state index is 3.57. The lowest BCUT2D eigenvalue weighted by Gasteiger charge is -2.07. The predicted molar refractivity (Wildman–Crippen MR) is 86.7 cm³/mol. The summed E-state index contributed by atoms with van der Waals surface area (Å²) in [5, 5.41) is 7.79. The zero-order valence-electron chi connectivity index (χ0n) is 10.2. The van der Waals surface area contributed by atoms with Crippen molar-refractivity contribution in [2.45, 2.75) is 0 Å². The molecule has 0 fully saturated rings. The first-order chi connectivity index (χ1) is 9.31. The molecule has 0 nitrogen and oxygen atoms in total. The Labute approximate surface area is 119 Å². The van der Waals surface area contributed by atoms with Crippen molar-refractivity contribution in [2.24, 2.45) is 0 Å². The molecule has 0 atom stereocenters. The lowest BCUT2D eigenvalue weighted by molar-refractivity contribution is 1.73. The van der Waals surface area contributed by atoms with Crippen LogP contribution in [0.1, 0.15) is 0 Å². The maximum absolute atomic E-state index is 3.57. The van der Waals surface area contributed by atoms with E-state index in [0.29, 0.717) is 0 Å². The highest BCUT2D eigenvalue weighted by Gasteiger charge is 2.03. The minimum absolute atomic E-state index is 1.13. The van der Waals surface area contributed by atoms with Gasteiger partial charge in [-0.05, 0) is 56.6 Å². The van der Waals surface area contributed by atoms with Gasteiger partial charge in [0.2, 0.25) is 0 Å². The van der Waals surface area contributed by atoms with Crippen molar-refractivity contribution < 1.29 is 0 Å². The zero-order chi connectivity index (χ0) is 12.8. The van der Waals surface area contributed by atoms with Crippen LogP contribution in [0.25, 0.3) is 32.3 Å². The van der Waals surface area contributed by atoms with Gasteiger partial charge in [-0.2, -0.15) is 0 Å². The minimum atomic E-state index is 1.13. The van der Waals surface area contributed by atoms with Gasteiger partial charge in [-0.25, -0.2) is 0 Å². The third kappa shape index (κ3) is 1.73. The van der Waals surface area contributed by atoms with Crippen molar-refractivity contribution in [3.05, 3.63) is 71.2 Å². The van der Waals surface area contributed by atoms with Gasteiger partial charge in [-0.15, -0.1) is 0 Å². The first-order valence-electron chi connectivity index (χ1n) is 6.32. The summed E-state index contributed by atoms with van der Waals surface area (Å²) in [6.45, 7) is 0. The molecular weight excluding hydrogens is 296 g/mol. The number of fused-ring (bicyclic) bond motifs is 4. The van der Waals surface area contributed by atoms with Crippen molar-refractivity contribution in [1.82, 2.24) is 0 Å². The first-order valence-corrected chi connectivity index (χ1v) is 7.11. The molecule has 90 valence electrons. The monoisotopic (exact) mass is 306 g/mol. The fourth-order valence-electron chi connectivity index (χ4n) is 2.72. The van der Waals surface area contributed by atoms with Gasteiger partial charge in [-0.1, -0.05) is 58.4 Å². The summed E-state index contributed by atoms with van der Waals surface area (Å²) < 4.78 is 1.13. The lowest BCUT2D eigenvalue weighted by Crippen LogP contribution is -1.80. The van der Waals surface area contributed by atoms with E-state index in [1.165, 1.54) is 32.3 Å². The number of benzene rings is 4. The Morgan fingerprint density at radius 2 is 1.16 bits per heavy atom. The lowest BCUT2D eigenvalue weighted by atomic mass is 9.98. The van der Waals surface area contributed by atoms with Crippen LogP contribution >= 0.6 is 15.9 Å². The van der Waals surface area contributed by atoms with Gasteiger partial charge in [0, 0.05) is 4.47 Å². The highest BCUT2D eigenvalue weighted by Crippen LogP contribution is 2.31. The van der Waals surface area contributed by atoms with Gasteiger partial charge in [0.15, 0.2) is 0 Å². The molecule has 0 radical (unpaired) electrons. The Kier molecular flexibility index (Phi) is 2.36. The Morgan fingerprint density at radius 1 is 0.526 bits per heavy atom. The summed E-state index contributed by atoms with van der Waals surface area (Å²) in [5.74, 6) is 0. The molecule has 1 heteroatoms. The highest BCUT2D eigenvalue weighted by atomic mass is 79.9. The van der Waals surface area contributed by atoms with Crippen molar-refractivity contribution in [3.8, 4) is 0 Å². The highest BCUT2D eigenvalue weighted by molar-refractivity contribution is 9.10. The topological polar surface area (TPSA) is 0 Å². The molecule has 4 aromatic rings. The summed E-state index contributed by atoms with van der Waals surface area (Å²) in [7, 11) is 0. The van der Waals surface area contributed by atoms with Crippen LogP contribution in [0.15, 0.2) is 71.2 Å². The fraction of sp³-hybridized carbons (Fsp3) is 0. The van der Waals surface area contributed by atoms with Crippen LogP contribution < -0.4 is 0 Å². The van der Waals surface area contributed by atoms with Crippen molar-refractivity contribution in [2.75, 3.05) is 0 Å². The van der Waals surface area contributed by atoms with E-state index in [2.05, 4.69) is 82.7 Å². The quantitative estimate of drug-likeness (QED) is 0.280. The minimum Gasteiger partial charge on any atom is -0.0616 e. The zero-order valence-corrected chi connectivity index (χ0v) is 11.8. The molecule has 0 unspecified atom stereocenters. The van der Waals surface area contributed by atoms with E-state index in [1.54, 1.807) is 0 Å². The van der Waals surface area contributed by atoms with Gasteiger partial charge < -0.3 is 0 Å². The van der Waals surface area contributed by atoms with Crippen molar-refractivity contribution in [1.29, 1.82) is 0 Å². The number of rotatable bonds is 0. The Bertz CT molecular complexity index is 922. The van der Waals surface area contributed by atoms with E-state index in [0.717, 1.165) is 4.47 Å². The molecule has 4 rings (SSSR count). The molecule has 0 aliphatic rings. The van der Waals surface area contributed by atoms with Crippen LogP contribution in [0.2, 0.25) is 0 Å². The summed E-state index contributed by atoms with van der Waals surface area (Å²) >= 11 is 3.57. The average molecular weight is 307 g/mol. The van der Waals surface area contributed by atoms with Crippen LogP contribution in [-0.4, -0.2) is 0 Å². The van der Waals surface area contributed by atoms with E-state index in [-0.39, 0.29) is 0 Å². The second-order valence-electron chi connectivity index (χ2n) is 4.85. The molecule has 0 saturated carbocycles. The average Bonchev–Trinajstić information content (AvgIpc) is 2.45. The Hall–Kier alpha value is -1.86. The van der Waals surface area contributed by atoms with Crippen LogP contribution in [-0.2, 0) is 0 Å². The molecule has 0 aromatic heterocycles. The van der Waals surface area contributed by atoms with E-state index in [1.807, 2.05) is 0 Å². The van der Waals surface area contributed by atoms with Crippen LogP contribution in [0.3, 0.4) is 0 Å². The summed E-state index contributed by atoms with van der Waals surface area (Å²) in [5.41, 5.74) is 0. The molecule has 19 heavy (non-hydrogen) atoms. The van der Waals surface area contributed by atoms with Gasteiger partial charge in [0.1, 0.15) is 0 Å². The van der Waals surface area contributed by atoms with Crippen molar-refractivity contribution >= 4 is 48.2 Å². The molecule has 0 N–H and O–H groups in total. The molecule has 4 aromatic carbocycles. The van der Waals surface area contributed by atoms with Gasteiger partial charge in [-0.3, -0.25) is 0 Å². The van der Waals surface area contributed by atoms with Crippen molar-refractivity contribution in [3.63, 3.8) is 0 Å². The molecule has 0 heterocycles. The van der Waals surface area contributed by atoms with Gasteiger partial charge in [0.25, 0.3) is 0 Å². The van der Waals surface area contributed by atoms with E-state index in [9.17, 15) is 0 Å². The molecule has 0 bridgehead atoms. The number of halogens is 1. The predicted octanol–water partition coefficient (Wildman–Crippen LogP) is 5.91. The van der Waals surface area contributed by atoms with Gasteiger partial charge >= 0.3 is 0 Å². The summed E-state index contributed by atoms with van der Waals surface area (Å²) in [6.07, 6.45) is 0. The SMILES string of the molecule is Brc1ccc2ccc3cc4ccccc4cc3c2c1. The smallest absolute Gasteiger partial charge is 0.0181 e. The molecule has 0 saturated heterocycles. The van der Waals surface area contributed by atoms with Crippen LogP contribution in [0.4, 0.5) is 0 Å². The maximum Gasteiger partial charge on any atom is 0.0181 e. The molecule has 0 aliphatic carbocycles. The van der Waals surface area contributed by atoms with E-state index in [4.69, 9.17) is 0 Å². The largest absolute Gasteiger partial charge is 0.0616 e. The number of hydrogen-bond donors (Lipinski definition) is 0. The first kappa shape index (κ1) is 11.0. The van der Waals surface area contributed by atoms with E-state index < -0.39 is 0 Å². The molecular formula is C18H11Br. The second-order valence-corrected chi connectivity index (χ2v) is 5.77. The third-order valence-corrected chi connectivity index (χ3v) is 4.16. The number of hydrogen-bond acceptors (Lipinski definition) is 0. The molecule has 0 aliphatic heterocycles. The summed E-state index contributed by atoms with van der Waals surface area (Å²) in [4.78, 5) is 0. The van der Waals surface area contributed by atoms with E-state index >= 15 is 0 Å². The Balaban J connectivity index is 2.25. The summed E-state index contributed by atoms with van der Waals surface area (Å²) in [6, 6.07) is 23.9. The standard InChI is InChI=1S/C18H11Br/c19-16-8-7-12-5-6-15-9-13-3-1-2-4-14(13)10-17(15)18(12)11-16/h1-11H. The second kappa shape index (κ2) is 4.07. The normalized spacial score (nSPS) is 11.4. The fourth-order valence-corrected chi connectivity index (χ4v) is 3.08. The van der Waals surface area contributed by atoms with Crippen LogP contribution in [0.5, 0.6) is 0 Å². The molecule has 0 amide bonds. The van der Waals surface area contributed by atoms with Crippen LogP contribution in [0, 0.1) is 0 Å². The Morgan fingerprint density at radius 3 is 2.00 bits per heavy atom. The third-order valence-electron chi connectivity index (χ3n) is 3.67. The van der Waals surface area contributed by atoms with Gasteiger partial charge in [0.05, 0.1) is 0 Å². The molecule has 0 spiro atoms.